The number of hydrogen-bond acceptors (Lipinski definition) is 3. The highest BCUT2D eigenvalue weighted by molar-refractivity contribution is 5.79. The number of benzene rings is 1. The summed E-state index contributed by atoms with van der Waals surface area (Å²) in [6, 6.07) is 12.1. The Morgan fingerprint density at radius 3 is 2.62 bits per heavy atom. The molecule has 0 radical (unpaired) electrons. The maximum absolute atomic E-state index is 6.05. The lowest BCUT2D eigenvalue weighted by Gasteiger charge is -2.23. The van der Waals surface area contributed by atoms with Gasteiger partial charge < -0.3 is 15.4 Å². The molecule has 2 aromatic rings. The lowest BCUT2D eigenvalue weighted by atomic mass is 10.1. The summed E-state index contributed by atoms with van der Waals surface area (Å²) in [7, 11) is 0. The van der Waals surface area contributed by atoms with E-state index in [4.69, 9.17) is 9.73 Å². The molecule has 1 heterocycles. The highest BCUT2D eigenvalue weighted by atomic mass is 16.5. The summed E-state index contributed by atoms with van der Waals surface area (Å²) in [4.78, 5) is 8.85. The van der Waals surface area contributed by atoms with Crippen LogP contribution >= 0.6 is 0 Å². The van der Waals surface area contributed by atoms with Crippen molar-refractivity contribution in [2.45, 2.75) is 46.3 Å². The molecule has 26 heavy (non-hydrogen) atoms. The van der Waals surface area contributed by atoms with Gasteiger partial charge in [-0.1, -0.05) is 24.3 Å². The van der Waals surface area contributed by atoms with Gasteiger partial charge >= 0.3 is 0 Å². The largest absolute Gasteiger partial charge is 0.488 e. The fourth-order valence-corrected chi connectivity index (χ4v) is 2.44. The third-order valence-corrected chi connectivity index (χ3v) is 3.57. The quantitative estimate of drug-likeness (QED) is 0.590. The summed E-state index contributed by atoms with van der Waals surface area (Å²) in [6.45, 7) is 10.4. The first-order valence-electron chi connectivity index (χ1n) is 9.16. The molecule has 0 aliphatic rings. The standard InChI is InChI=1S/C21H30N4O/c1-5-23-20(24-14-12-17-9-8-13-22-15-17)25-16-18-10-6-7-11-19(18)26-21(2,3)4/h6-11,13,15H,5,12,14,16H2,1-4H3,(H2,23,24,25). The summed E-state index contributed by atoms with van der Waals surface area (Å²) in [6.07, 6.45) is 4.59. The van der Waals surface area contributed by atoms with Crippen LogP contribution in [-0.2, 0) is 13.0 Å². The summed E-state index contributed by atoms with van der Waals surface area (Å²) in [5, 5.41) is 6.67. The molecule has 0 bridgehead atoms. The first-order chi connectivity index (χ1) is 12.5. The van der Waals surface area contributed by atoms with Crippen LogP contribution in [0.15, 0.2) is 53.8 Å². The van der Waals surface area contributed by atoms with Crippen LogP contribution in [0.25, 0.3) is 0 Å². The van der Waals surface area contributed by atoms with E-state index in [-0.39, 0.29) is 5.60 Å². The number of aromatic nitrogens is 1. The van der Waals surface area contributed by atoms with Gasteiger partial charge in [0.2, 0.25) is 0 Å². The summed E-state index contributed by atoms with van der Waals surface area (Å²) >= 11 is 0. The Morgan fingerprint density at radius 1 is 1.12 bits per heavy atom. The number of ether oxygens (including phenoxy) is 1. The molecular weight excluding hydrogens is 324 g/mol. The van der Waals surface area contributed by atoms with Crippen molar-refractivity contribution in [1.29, 1.82) is 0 Å². The van der Waals surface area contributed by atoms with E-state index < -0.39 is 0 Å². The molecule has 0 atom stereocenters. The van der Waals surface area contributed by atoms with E-state index >= 15 is 0 Å². The number of aliphatic imine (C=N–C) groups is 1. The van der Waals surface area contributed by atoms with Gasteiger partial charge in [0.25, 0.3) is 0 Å². The van der Waals surface area contributed by atoms with Gasteiger partial charge in [-0.15, -0.1) is 0 Å². The zero-order valence-corrected chi connectivity index (χ0v) is 16.2. The molecular formula is C21H30N4O. The van der Waals surface area contributed by atoms with E-state index in [9.17, 15) is 0 Å². The van der Waals surface area contributed by atoms with Gasteiger partial charge in [0.15, 0.2) is 5.96 Å². The van der Waals surface area contributed by atoms with Crippen LogP contribution in [0.3, 0.4) is 0 Å². The maximum atomic E-state index is 6.05. The zero-order valence-electron chi connectivity index (χ0n) is 16.2. The van der Waals surface area contributed by atoms with Crippen LogP contribution in [0.1, 0.15) is 38.8 Å². The van der Waals surface area contributed by atoms with Crippen LogP contribution in [0.2, 0.25) is 0 Å². The molecule has 0 aliphatic carbocycles. The molecule has 5 nitrogen and oxygen atoms in total. The van der Waals surface area contributed by atoms with Gasteiger partial charge in [-0.05, 0) is 51.8 Å². The van der Waals surface area contributed by atoms with E-state index in [0.29, 0.717) is 6.54 Å². The minimum atomic E-state index is -0.230. The molecule has 5 heteroatoms. The van der Waals surface area contributed by atoms with E-state index in [0.717, 1.165) is 36.8 Å². The second kappa shape index (κ2) is 9.80. The average molecular weight is 354 g/mol. The third kappa shape index (κ3) is 7.13. The molecule has 0 spiro atoms. The van der Waals surface area contributed by atoms with Crippen molar-refractivity contribution in [3.05, 3.63) is 59.9 Å². The van der Waals surface area contributed by atoms with Gasteiger partial charge in [-0.25, -0.2) is 4.99 Å². The van der Waals surface area contributed by atoms with Gasteiger partial charge in [0.1, 0.15) is 11.4 Å². The van der Waals surface area contributed by atoms with E-state index in [2.05, 4.69) is 55.4 Å². The monoisotopic (exact) mass is 354 g/mol. The van der Waals surface area contributed by atoms with E-state index in [1.807, 2.05) is 30.5 Å². The van der Waals surface area contributed by atoms with E-state index in [1.165, 1.54) is 5.56 Å². The Kier molecular flexibility index (Phi) is 7.45. The number of hydrogen-bond donors (Lipinski definition) is 2. The SMILES string of the molecule is CCNC(=NCc1ccccc1OC(C)(C)C)NCCc1cccnc1. The van der Waals surface area contributed by atoms with Gasteiger partial charge in [0.05, 0.1) is 6.54 Å². The van der Waals surface area contributed by atoms with Crippen LogP contribution in [0, 0.1) is 0 Å². The molecule has 0 amide bonds. The third-order valence-electron chi connectivity index (χ3n) is 3.57. The summed E-state index contributed by atoms with van der Waals surface area (Å²) in [5.74, 6) is 1.69. The van der Waals surface area contributed by atoms with Gasteiger partial charge in [-0.2, -0.15) is 0 Å². The smallest absolute Gasteiger partial charge is 0.191 e. The lowest BCUT2D eigenvalue weighted by Crippen LogP contribution is -2.38. The number of guanidine groups is 1. The predicted molar refractivity (Wildman–Crippen MR) is 108 cm³/mol. The fourth-order valence-electron chi connectivity index (χ4n) is 2.44. The number of nitrogens with zero attached hydrogens (tertiary/aromatic N) is 2. The van der Waals surface area contributed by atoms with Crippen molar-refractivity contribution in [2.75, 3.05) is 13.1 Å². The van der Waals surface area contributed by atoms with Crippen molar-refractivity contribution >= 4 is 5.96 Å². The molecule has 2 N–H and O–H groups in total. The van der Waals surface area contributed by atoms with Crippen LogP contribution in [-0.4, -0.2) is 29.6 Å². The molecule has 0 unspecified atom stereocenters. The molecule has 0 aliphatic heterocycles. The number of para-hydroxylation sites is 1. The Hall–Kier alpha value is -2.56. The second-order valence-corrected chi connectivity index (χ2v) is 7.06. The van der Waals surface area contributed by atoms with Crippen molar-refractivity contribution in [2.24, 2.45) is 4.99 Å². The van der Waals surface area contributed by atoms with Gasteiger partial charge in [0, 0.05) is 31.0 Å². The minimum absolute atomic E-state index is 0.230. The molecule has 1 aromatic carbocycles. The van der Waals surface area contributed by atoms with Crippen LogP contribution in [0.4, 0.5) is 0 Å². The average Bonchev–Trinajstić information content (AvgIpc) is 2.60. The normalized spacial score (nSPS) is 11.9. The van der Waals surface area contributed by atoms with Crippen molar-refractivity contribution in [3.63, 3.8) is 0 Å². The van der Waals surface area contributed by atoms with Crippen molar-refractivity contribution in [1.82, 2.24) is 15.6 Å². The highest BCUT2D eigenvalue weighted by Crippen LogP contribution is 2.23. The Balaban J connectivity index is 1.98. The summed E-state index contributed by atoms with van der Waals surface area (Å²) < 4.78 is 6.05. The van der Waals surface area contributed by atoms with Crippen LogP contribution in [0.5, 0.6) is 5.75 Å². The Bertz CT molecular complexity index is 693. The predicted octanol–water partition coefficient (Wildman–Crippen LogP) is 3.56. The zero-order chi connectivity index (χ0) is 18.8. The first-order valence-corrected chi connectivity index (χ1v) is 9.16. The molecule has 1 aromatic heterocycles. The molecule has 0 saturated carbocycles. The number of rotatable bonds is 7. The maximum Gasteiger partial charge on any atom is 0.191 e. The first kappa shape index (κ1) is 19.8. The molecule has 140 valence electrons. The summed E-state index contributed by atoms with van der Waals surface area (Å²) in [5.41, 5.74) is 2.05. The number of nitrogens with one attached hydrogen (secondary N) is 2. The van der Waals surface area contributed by atoms with Crippen molar-refractivity contribution in [3.8, 4) is 5.75 Å². The minimum Gasteiger partial charge on any atom is -0.488 e. The molecule has 0 fully saturated rings. The highest BCUT2D eigenvalue weighted by Gasteiger charge is 2.14. The van der Waals surface area contributed by atoms with Gasteiger partial charge in [-0.3, -0.25) is 4.98 Å². The molecule has 2 rings (SSSR count). The Labute approximate surface area is 156 Å². The van der Waals surface area contributed by atoms with Crippen molar-refractivity contribution < 1.29 is 4.74 Å². The lowest BCUT2D eigenvalue weighted by molar-refractivity contribution is 0.129. The second-order valence-electron chi connectivity index (χ2n) is 7.06. The Morgan fingerprint density at radius 2 is 1.92 bits per heavy atom. The van der Waals surface area contributed by atoms with Crippen LogP contribution < -0.4 is 15.4 Å². The fraction of sp³-hybridized carbons (Fsp3) is 0.429. The van der Waals surface area contributed by atoms with E-state index in [1.54, 1.807) is 6.20 Å². The topological polar surface area (TPSA) is 58.5 Å². The number of pyridine rings is 1. The molecule has 0 saturated heterocycles.